The van der Waals surface area contributed by atoms with E-state index in [0.29, 0.717) is 39.4 Å². The standard InChI is InChI=1S/C29H26N2O5S2/c1-2-35-28(34)22-11-13-23(14-12-22)30-26(32)15-16-31-27(33)25(38-29(31)37)18-21-9-6-10-24(17-21)36-19-20-7-4-3-5-8-20/h3-14,17-18H,2,15-16,19H2,1H3,(H,30,32)/b25-18-. The van der Waals surface area contributed by atoms with Crippen LogP contribution in [-0.2, 0) is 20.9 Å². The summed E-state index contributed by atoms with van der Waals surface area (Å²) in [5.74, 6) is -0.221. The van der Waals surface area contributed by atoms with Crippen LogP contribution >= 0.6 is 24.0 Å². The van der Waals surface area contributed by atoms with E-state index in [4.69, 9.17) is 21.7 Å². The molecule has 7 nitrogen and oxygen atoms in total. The lowest BCUT2D eigenvalue weighted by Gasteiger charge is -2.14. The summed E-state index contributed by atoms with van der Waals surface area (Å²) in [5.41, 5.74) is 2.83. The number of anilines is 1. The van der Waals surface area contributed by atoms with Crippen LogP contribution in [0.15, 0.2) is 83.8 Å². The number of hydrogen-bond donors (Lipinski definition) is 1. The van der Waals surface area contributed by atoms with Crippen molar-refractivity contribution in [3.05, 3.63) is 100 Å². The number of amides is 2. The number of thiocarbonyl (C=S) groups is 1. The molecular formula is C29H26N2O5S2. The second kappa shape index (κ2) is 13.0. The van der Waals surface area contributed by atoms with E-state index < -0.39 is 5.97 Å². The quantitative estimate of drug-likeness (QED) is 0.199. The maximum absolute atomic E-state index is 13.0. The Bertz CT molecular complexity index is 1360. The van der Waals surface area contributed by atoms with Gasteiger partial charge in [0.1, 0.15) is 16.7 Å². The van der Waals surface area contributed by atoms with Crippen LogP contribution in [0.4, 0.5) is 5.69 Å². The number of nitrogens with one attached hydrogen (secondary N) is 1. The largest absolute Gasteiger partial charge is 0.489 e. The van der Waals surface area contributed by atoms with Crippen molar-refractivity contribution >= 4 is 57.8 Å². The molecule has 3 aromatic rings. The predicted molar refractivity (Wildman–Crippen MR) is 153 cm³/mol. The summed E-state index contributed by atoms with van der Waals surface area (Å²) < 4.78 is 11.2. The first-order valence-corrected chi connectivity index (χ1v) is 13.2. The highest BCUT2D eigenvalue weighted by molar-refractivity contribution is 8.26. The Hall–Kier alpha value is -3.95. The van der Waals surface area contributed by atoms with Crippen molar-refractivity contribution in [3.63, 3.8) is 0 Å². The number of thioether (sulfide) groups is 1. The van der Waals surface area contributed by atoms with Crippen LogP contribution in [0.2, 0.25) is 0 Å². The zero-order valence-corrected chi connectivity index (χ0v) is 22.3. The molecule has 1 N–H and O–H groups in total. The van der Waals surface area contributed by atoms with Gasteiger partial charge in [0, 0.05) is 18.7 Å². The predicted octanol–water partition coefficient (Wildman–Crippen LogP) is 5.67. The Morgan fingerprint density at radius 2 is 1.79 bits per heavy atom. The molecule has 0 bridgehead atoms. The fourth-order valence-electron chi connectivity index (χ4n) is 3.62. The second-order valence-electron chi connectivity index (χ2n) is 8.28. The number of hydrogen-bond acceptors (Lipinski definition) is 7. The van der Waals surface area contributed by atoms with Crippen molar-refractivity contribution < 1.29 is 23.9 Å². The summed E-state index contributed by atoms with van der Waals surface area (Å²) >= 11 is 6.61. The van der Waals surface area contributed by atoms with Gasteiger partial charge in [0.25, 0.3) is 5.91 Å². The average Bonchev–Trinajstić information content (AvgIpc) is 3.19. The molecule has 1 heterocycles. The summed E-state index contributed by atoms with van der Waals surface area (Å²) in [6.45, 7) is 2.64. The van der Waals surface area contributed by atoms with Gasteiger partial charge in [-0.1, -0.05) is 66.4 Å². The van der Waals surface area contributed by atoms with Gasteiger partial charge in [-0.05, 0) is 60.5 Å². The minimum absolute atomic E-state index is 0.0716. The Morgan fingerprint density at radius 3 is 2.53 bits per heavy atom. The average molecular weight is 547 g/mol. The van der Waals surface area contributed by atoms with E-state index in [2.05, 4.69) is 5.32 Å². The third-order valence-corrected chi connectivity index (χ3v) is 6.90. The Balaban J connectivity index is 1.31. The third kappa shape index (κ3) is 7.30. The molecule has 1 aliphatic rings. The molecule has 1 aliphatic heterocycles. The van der Waals surface area contributed by atoms with Gasteiger partial charge >= 0.3 is 5.97 Å². The highest BCUT2D eigenvalue weighted by Crippen LogP contribution is 2.33. The monoisotopic (exact) mass is 546 g/mol. The summed E-state index contributed by atoms with van der Waals surface area (Å²) in [5, 5.41) is 2.77. The number of carbonyl (C=O) groups excluding carboxylic acids is 3. The number of nitrogens with zero attached hydrogens (tertiary/aromatic N) is 1. The summed E-state index contributed by atoms with van der Waals surface area (Å²) in [6.07, 6.45) is 1.85. The zero-order valence-electron chi connectivity index (χ0n) is 20.7. The van der Waals surface area contributed by atoms with Gasteiger partial charge in [-0.25, -0.2) is 4.79 Å². The van der Waals surface area contributed by atoms with Crippen molar-refractivity contribution in [1.29, 1.82) is 0 Å². The number of esters is 1. The van der Waals surface area contributed by atoms with Crippen LogP contribution in [0, 0.1) is 0 Å². The van der Waals surface area contributed by atoms with Crippen molar-refractivity contribution in [1.82, 2.24) is 4.90 Å². The Kier molecular flexibility index (Phi) is 9.29. The van der Waals surface area contributed by atoms with Crippen LogP contribution < -0.4 is 10.1 Å². The molecule has 0 aromatic heterocycles. The highest BCUT2D eigenvalue weighted by atomic mass is 32.2. The Labute approximate surface area is 230 Å². The molecule has 0 saturated carbocycles. The topological polar surface area (TPSA) is 84.9 Å². The molecule has 2 amide bonds. The molecule has 4 rings (SSSR count). The van der Waals surface area contributed by atoms with Crippen LogP contribution in [0.3, 0.4) is 0 Å². The van der Waals surface area contributed by atoms with Gasteiger partial charge < -0.3 is 14.8 Å². The van der Waals surface area contributed by atoms with Crippen molar-refractivity contribution in [2.45, 2.75) is 20.0 Å². The third-order valence-electron chi connectivity index (χ3n) is 5.52. The maximum atomic E-state index is 13.0. The van der Waals surface area contributed by atoms with Crippen LogP contribution in [0.25, 0.3) is 6.08 Å². The first-order chi connectivity index (χ1) is 18.4. The van der Waals surface area contributed by atoms with Crippen LogP contribution in [0.5, 0.6) is 5.75 Å². The molecule has 3 aromatic carbocycles. The Morgan fingerprint density at radius 1 is 1.03 bits per heavy atom. The van der Waals surface area contributed by atoms with Crippen molar-refractivity contribution in [2.24, 2.45) is 0 Å². The van der Waals surface area contributed by atoms with Gasteiger partial charge in [-0.3, -0.25) is 14.5 Å². The van der Waals surface area contributed by atoms with Crippen molar-refractivity contribution in [2.75, 3.05) is 18.5 Å². The first-order valence-electron chi connectivity index (χ1n) is 12.0. The lowest BCUT2D eigenvalue weighted by atomic mass is 10.2. The first kappa shape index (κ1) is 27.1. The molecule has 0 spiro atoms. The SMILES string of the molecule is CCOC(=O)c1ccc(NC(=O)CCN2C(=O)/C(=C/c3cccc(OCc4ccccc4)c3)SC2=S)cc1. The van der Waals surface area contributed by atoms with E-state index >= 15 is 0 Å². The minimum Gasteiger partial charge on any atom is -0.489 e. The molecule has 1 fully saturated rings. The summed E-state index contributed by atoms with van der Waals surface area (Å²) in [6, 6.07) is 23.8. The molecule has 38 heavy (non-hydrogen) atoms. The molecule has 0 atom stereocenters. The van der Waals surface area contributed by atoms with E-state index in [1.807, 2.05) is 54.6 Å². The summed E-state index contributed by atoms with van der Waals surface area (Å²) in [4.78, 5) is 39.1. The van der Waals surface area contributed by atoms with Gasteiger partial charge in [-0.2, -0.15) is 0 Å². The van der Waals surface area contributed by atoms with Gasteiger partial charge in [0.05, 0.1) is 17.1 Å². The van der Waals surface area contributed by atoms with E-state index in [1.165, 1.54) is 16.7 Å². The van der Waals surface area contributed by atoms with Gasteiger partial charge in [0.15, 0.2) is 0 Å². The van der Waals surface area contributed by atoms with Gasteiger partial charge in [0.2, 0.25) is 5.91 Å². The number of benzene rings is 3. The lowest BCUT2D eigenvalue weighted by molar-refractivity contribution is -0.122. The number of carbonyl (C=O) groups is 3. The maximum Gasteiger partial charge on any atom is 0.338 e. The fourth-order valence-corrected chi connectivity index (χ4v) is 4.93. The molecular weight excluding hydrogens is 520 g/mol. The van der Waals surface area contributed by atoms with Crippen LogP contribution in [-0.4, -0.2) is 40.2 Å². The highest BCUT2D eigenvalue weighted by Gasteiger charge is 2.32. The zero-order chi connectivity index (χ0) is 26.9. The van der Waals surface area contributed by atoms with E-state index in [-0.39, 0.29) is 24.8 Å². The van der Waals surface area contributed by atoms with E-state index in [0.717, 1.165) is 11.1 Å². The summed E-state index contributed by atoms with van der Waals surface area (Å²) in [7, 11) is 0. The van der Waals surface area contributed by atoms with E-state index in [9.17, 15) is 14.4 Å². The normalized spacial score (nSPS) is 14.0. The van der Waals surface area contributed by atoms with Crippen molar-refractivity contribution in [3.8, 4) is 5.75 Å². The lowest BCUT2D eigenvalue weighted by Crippen LogP contribution is -2.31. The molecule has 1 saturated heterocycles. The molecule has 194 valence electrons. The fraction of sp³-hybridized carbons (Fsp3) is 0.172. The second-order valence-corrected chi connectivity index (χ2v) is 9.95. The molecule has 0 aliphatic carbocycles. The molecule has 0 radical (unpaired) electrons. The number of rotatable bonds is 10. The minimum atomic E-state index is -0.417. The molecule has 9 heteroatoms. The molecule has 0 unspecified atom stereocenters. The number of ether oxygens (including phenoxy) is 2. The van der Waals surface area contributed by atoms with Gasteiger partial charge in [-0.15, -0.1) is 0 Å². The van der Waals surface area contributed by atoms with E-state index in [1.54, 1.807) is 37.3 Å². The smallest absolute Gasteiger partial charge is 0.338 e. The van der Waals surface area contributed by atoms with Crippen LogP contribution in [0.1, 0.15) is 34.8 Å².